The fourth-order valence-corrected chi connectivity index (χ4v) is 3.03. The topological polar surface area (TPSA) is 29.5 Å². The first-order chi connectivity index (χ1) is 10.6. The highest BCUT2D eigenvalue weighted by atomic mass is 19.1. The third kappa shape index (κ3) is 2.69. The van der Waals surface area contributed by atoms with E-state index in [4.69, 9.17) is 4.74 Å². The second kappa shape index (κ2) is 5.79. The van der Waals surface area contributed by atoms with E-state index in [9.17, 15) is 9.18 Å². The molecule has 4 heteroatoms. The first kappa shape index (κ1) is 14.6. The number of anilines is 1. The summed E-state index contributed by atoms with van der Waals surface area (Å²) in [5, 5.41) is 0. The molecule has 1 amide bonds. The number of rotatable bonds is 2. The minimum absolute atomic E-state index is 0.0412. The third-order valence-electron chi connectivity index (χ3n) is 3.96. The summed E-state index contributed by atoms with van der Waals surface area (Å²) < 4.78 is 19.7. The minimum Gasteiger partial charge on any atom is -0.486 e. The molecule has 0 aliphatic carbocycles. The van der Waals surface area contributed by atoms with Gasteiger partial charge in [0.2, 0.25) is 5.91 Å². The summed E-state index contributed by atoms with van der Waals surface area (Å²) in [4.78, 5) is 13.6. The second-order valence-corrected chi connectivity index (χ2v) is 5.60. The second-order valence-electron chi connectivity index (χ2n) is 5.60. The molecule has 2 aromatic carbocycles. The molecular formula is C18H18FNO2. The summed E-state index contributed by atoms with van der Waals surface area (Å²) >= 11 is 0. The zero-order chi connectivity index (χ0) is 15.7. The van der Waals surface area contributed by atoms with Gasteiger partial charge in [-0.25, -0.2) is 4.39 Å². The average molecular weight is 299 g/mol. The fraction of sp³-hybridized carbons (Fsp3) is 0.278. The van der Waals surface area contributed by atoms with Crippen LogP contribution in [0.2, 0.25) is 0 Å². The van der Waals surface area contributed by atoms with Crippen LogP contribution < -0.4 is 9.64 Å². The van der Waals surface area contributed by atoms with Crippen molar-refractivity contribution in [1.82, 2.24) is 0 Å². The first-order valence-electron chi connectivity index (χ1n) is 7.37. The summed E-state index contributed by atoms with van der Waals surface area (Å²) in [6, 6.07) is 14.0. The van der Waals surface area contributed by atoms with Gasteiger partial charge in [0.15, 0.2) is 0 Å². The van der Waals surface area contributed by atoms with Crippen molar-refractivity contribution in [2.75, 3.05) is 4.90 Å². The molecule has 1 aliphatic heterocycles. The molecule has 2 aromatic rings. The third-order valence-corrected chi connectivity index (χ3v) is 3.96. The molecule has 0 radical (unpaired) electrons. The van der Waals surface area contributed by atoms with E-state index in [1.165, 1.54) is 19.1 Å². The van der Waals surface area contributed by atoms with E-state index in [1.807, 2.05) is 37.3 Å². The Kier molecular flexibility index (Phi) is 3.84. The summed E-state index contributed by atoms with van der Waals surface area (Å²) in [7, 11) is 0. The number of fused-ring (bicyclic) bond motifs is 1. The molecule has 0 bridgehead atoms. The molecular weight excluding hydrogens is 281 g/mol. The van der Waals surface area contributed by atoms with Gasteiger partial charge in [0.1, 0.15) is 17.7 Å². The van der Waals surface area contributed by atoms with Crippen LogP contribution in [-0.4, -0.2) is 11.9 Å². The highest BCUT2D eigenvalue weighted by molar-refractivity contribution is 5.93. The lowest BCUT2D eigenvalue weighted by Crippen LogP contribution is -2.43. The lowest BCUT2D eigenvalue weighted by atomic mass is 9.93. The Morgan fingerprint density at radius 1 is 1.23 bits per heavy atom. The van der Waals surface area contributed by atoms with Crippen molar-refractivity contribution in [3.05, 3.63) is 59.9 Å². The molecule has 0 aromatic heterocycles. The summed E-state index contributed by atoms with van der Waals surface area (Å²) in [6.07, 6.45) is 0.483. The Labute approximate surface area is 129 Å². The van der Waals surface area contributed by atoms with Crippen molar-refractivity contribution in [2.45, 2.75) is 32.4 Å². The van der Waals surface area contributed by atoms with E-state index in [0.29, 0.717) is 12.1 Å². The van der Waals surface area contributed by atoms with E-state index in [0.717, 1.165) is 11.3 Å². The zero-order valence-electron chi connectivity index (χ0n) is 12.6. The molecule has 0 spiro atoms. The van der Waals surface area contributed by atoms with Gasteiger partial charge in [0.05, 0.1) is 5.69 Å². The Hall–Kier alpha value is -2.36. The van der Waals surface area contributed by atoms with Gasteiger partial charge in [-0.1, -0.05) is 24.3 Å². The Morgan fingerprint density at radius 2 is 1.95 bits per heavy atom. The molecule has 22 heavy (non-hydrogen) atoms. The highest BCUT2D eigenvalue weighted by Crippen LogP contribution is 2.40. The van der Waals surface area contributed by atoms with Crippen LogP contribution in [0, 0.1) is 5.82 Å². The minimum atomic E-state index is -0.349. The number of para-hydroxylation sites is 1. The van der Waals surface area contributed by atoms with Crippen molar-refractivity contribution in [3.63, 3.8) is 0 Å². The average Bonchev–Trinajstić information content (AvgIpc) is 2.47. The Balaban J connectivity index is 2.00. The van der Waals surface area contributed by atoms with E-state index in [-0.39, 0.29) is 23.9 Å². The number of hydrogen-bond acceptors (Lipinski definition) is 2. The quantitative estimate of drug-likeness (QED) is 0.836. The van der Waals surface area contributed by atoms with Crippen LogP contribution in [0.5, 0.6) is 5.75 Å². The molecule has 3 rings (SSSR count). The largest absolute Gasteiger partial charge is 0.486 e. The normalized spacial score (nSPS) is 20.4. The van der Waals surface area contributed by atoms with Crippen LogP contribution >= 0.6 is 0 Å². The SMILES string of the molecule is CC(=O)N1c2cc(F)ccc2[C@@H](Oc2ccccc2)C[C@H]1C. The Morgan fingerprint density at radius 3 is 2.64 bits per heavy atom. The maximum absolute atomic E-state index is 13.6. The van der Waals surface area contributed by atoms with Gasteiger partial charge in [-0.3, -0.25) is 4.79 Å². The number of amides is 1. The monoisotopic (exact) mass is 299 g/mol. The van der Waals surface area contributed by atoms with Gasteiger partial charge in [-0.05, 0) is 31.2 Å². The molecule has 2 atom stereocenters. The summed E-state index contributed by atoms with van der Waals surface area (Å²) in [5.74, 6) is 0.335. The lowest BCUT2D eigenvalue weighted by molar-refractivity contribution is -0.117. The van der Waals surface area contributed by atoms with Crippen molar-refractivity contribution >= 4 is 11.6 Å². The predicted octanol–water partition coefficient (Wildman–Crippen LogP) is 4.09. The van der Waals surface area contributed by atoms with Gasteiger partial charge in [0.25, 0.3) is 0 Å². The van der Waals surface area contributed by atoms with Gasteiger partial charge >= 0.3 is 0 Å². The maximum Gasteiger partial charge on any atom is 0.224 e. The standard InChI is InChI=1S/C18H18FNO2/c1-12-10-18(22-15-6-4-3-5-7-15)16-9-8-14(19)11-17(16)20(12)13(2)21/h3-9,11-12,18H,10H2,1-2H3/t12-,18+/m1/s1. The highest BCUT2D eigenvalue weighted by Gasteiger charge is 2.33. The van der Waals surface area contributed by atoms with Crippen LogP contribution in [-0.2, 0) is 4.79 Å². The molecule has 0 saturated carbocycles. The zero-order valence-corrected chi connectivity index (χ0v) is 12.6. The van der Waals surface area contributed by atoms with Crippen LogP contribution in [0.1, 0.15) is 31.9 Å². The Bertz CT molecular complexity index is 687. The van der Waals surface area contributed by atoms with Crippen LogP contribution in [0.3, 0.4) is 0 Å². The van der Waals surface area contributed by atoms with Crippen molar-refractivity contribution in [1.29, 1.82) is 0 Å². The van der Waals surface area contributed by atoms with Crippen LogP contribution in [0.15, 0.2) is 48.5 Å². The number of benzene rings is 2. The predicted molar refractivity (Wildman–Crippen MR) is 83.5 cm³/mol. The van der Waals surface area contributed by atoms with Gasteiger partial charge in [-0.2, -0.15) is 0 Å². The molecule has 0 N–H and O–H groups in total. The van der Waals surface area contributed by atoms with Crippen LogP contribution in [0.25, 0.3) is 0 Å². The van der Waals surface area contributed by atoms with Crippen molar-refractivity contribution in [2.24, 2.45) is 0 Å². The fourth-order valence-electron chi connectivity index (χ4n) is 3.03. The van der Waals surface area contributed by atoms with E-state index in [2.05, 4.69) is 0 Å². The number of hydrogen-bond donors (Lipinski definition) is 0. The maximum atomic E-state index is 13.6. The number of carbonyl (C=O) groups excluding carboxylic acids is 1. The van der Waals surface area contributed by atoms with Crippen molar-refractivity contribution < 1.29 is 13.9 Å². The van der Waals surface area contributed by atoms with E-state index in [1.54, 1.807) is 11.0 Å². The number of carbonyl (C=O) groups is 1. The molecule has 0 fully saturated rings. The smallest absolute Gasteiger partial charge is 0.224 e. The van der Waals surface area contributed by atoms with Gasteiger partial charge in [0, 0.05) is 24.9 Å². The lowest BCUT2D eigenvalue weighted by Gasteiger charge is -2.38. The van der Waals surface area contributed by atoms with E-state index >= 15 is 0 Å². The number of ether oxygens (including phenoxy) is 1. The summed E-state index contributed by atoms with van der Waals surface area (Å²) in [5.41, 5.74) is 1.45. The van der Waals surface area contributed by atoms with Crippen molar-refractivity contribution in [3.8, 4) is 5.75 Å². The van der Waals surface area contributed by atoms with E-state index < -0.39 is 0 Å². The number of nitrogens with zero attached hydrogens (tertiary/aromatic N) is 1. The van der Waals surface area contributed by atoms with Gasteiger partial charge in [-0.15, -0.1) is 0 Å². The first-order valence-corrected chi connectivity index (χ1v) is 7.37. The number of halogens is 1. The molecule has 114 valence electrons. The molecule has 1 aliphatic rings. The molecule has 0 unspecified atom stereocenters. The van der Waals surface area contributed by atoms with Gasteiger partial charge < -0.3 is 9.64 Å². The summed E-state index contributed by atoms with van der Waals surface area (Å²) in [6.45, 7) is 3.46. The molecule has 3 nitrogen and oxygen atoms in total. The van der Waals surface area contributed by atoms with Crippen LogP contribution in [0.4, 0.5) is 10.1 Å². The molecule has 0 saturated heterocycles. The molecule has 1 heterocycles.